The monoisotopic (exact) mass is 194 g/mol. The lowest BCUT2D eigenvalue weighted by molar-refractivity contribution is -0.142. The lowest BCUT2D eigenvalue weighted by Gasteiger charge is -2.49. The third-order valence-corrected chi connectivity index (χ3v) is 4.09. The molecule has 3 saturated heterocycles. The number of nitrogens with zero attached hydrogens (tertiary/aromatic N) is 1. The Balaban J connectivity index is 1.83. The molecule has 0 spiro atoms. The Labute approximate surface area is 84.8 Å². The van der Waals surface area contributed by atoms with Gasteiger partial charge in [0, 0.05) is 19.0 Å². The Bertz CT molecular complexity index is 254. The van der Waals surface area contributed by atoms with E-state index in [1.54, 1.807) is 0 Å². The fraction of sp³-hybridized carbons (Fsp3) is 0.909. The van der Waals surface area contributed by atoms with Gasteiger partial charge in [0.05, 0.1) is 0 Å². The summed E-state index contributed by atoms with van der Waals surface area (Å²) in [6.45, 7) is 3.27. The molecule has 3 aliphatic rings. The molecule has 2 bridgehead atoms. The molecule has 3 fully saturated rings. The molecule has 3 atom stereocenters. The van der Waals surface area contributed by atoms with Gasteiger partial charge in [0.15, 0.2) is 0 Å². The van der Waals surface area contributed by atoms with Gasteiger partial charge in [-0.25, -0.2) is 0 Å². The molecular weight excluding hydrogens is 176 g/mol. The Morgan fingerprint density at radius 1 is 1.36 bits per heavy atom. The van der Waals surface area contributed by atoms with Gasteiger partial charge in [-0.3, -0.25) is 4.79 Å². The zero-order valence-electron chi connectivity index (χ0n) is 8.54. The SMILES string of the molecule is O=C1CCCC2[C@@H]3CNC[C@@H](C3)CN12. The summed E-state index contributed by atoms with van der Waals surface area (Å²) in [5.74, 6) is 1.89. The van der Waals surface area contributed by atoms with Crippen LogP contribution in [0.25, 0.3) is 0 Å². The number of hydrogen-bond donors (Lipinski definition) is 1. The minimum Gasteiger partial charge on any atom is -0.339 e. The highest BCUT2D eigenvalue weighted by atomic mass is 16.2. The molecule has 0 saturated carbocycles. The van der Waals surface area contributed by atoms with Crippen LogP contribution in [-0.4, -0.2) is 36.5 Å². The topological polar surface area (TPSA) is 32.3 Å². The third-order valence-electron chi connectivity index (χ3n) is 4.09. The van der Waals surface area contributed by atoms with Crippen molar-refractivity contribution in [3.05, 3.63) is 0 Å². The number of carbonyl (C=O) groups excluding carboxylic acids is 1. The summed E-state index contributed by atoms with van der Waals surface area (Å²) in [6.07, 6.45) is 4.50. The van der Waals surface area contributed by atoms with E-state index in [9.17, 15) is 4.79 Å². The lowest BCUT2D eigenvalue weighted by atomic mass is 9.77. The molecule has 0 radical (unpaired) electrons. The van der Waals surface area contributed by atoms with Crippen molar-refractivity contribution < 1.29 is 4.79 Å². The maximum Gasteiger partial charge on any atom is 0.222 e. The van der Waals surface area contributed by atoms with Gasteiger partial charge >= 0.3 is 0 Å². The largest absolute Gasteiger partial charge is 0.339 e. The van der Waals surface area contributed by atoms with Crippen LogP contribution in [0.4, 0.5) is 0 Å². The second-order valence-electron chi connectivity index (χ2n) is 5.03. The summed E-state index contributed by atoms with van der Waals surface area (Å²) >= 11 is 0. The average molecular weight is 194 g/mol. The molecule has 1 amide bonds. The maximum absolute atomic E-state index is 11.8. The lowest BCUT2D eigenvalue weighted by Crippen LogP contribution is -2.59. The summed E-state index contributed by atoms with van der Waals surface area (Å²) < 4.78 is 0. The van der Waals surface area contributed by atoms with Gasteiger partial charge < -0.3 is 10.2 Å². The molecule has 1 N–H and O–H groups in total. The summed E-state index contributed by atoms with van der Waals surface area (Å²) in [6, 6.07) is 0.570. The van der Waals surface area contributed by atoms with E-state index >= 15 is 0 Å². The van der Waals surface area contributed by atoms with Gasteiger partial charge in [-0.2, -0.15) is 0 Å². The highest BCUT2D eigenvalue weighted by molar-refractivity contribution is 5.77. The molecule has 14 heavy (non-hydrogen) atoms. The molecule has 0 aromatic rings. The number of fused-ring (bicyclic) bond motifs is 4. The van der Waals surface area contributed by atoms with Crippen molar-refractivity contribution >= 4 is 5.91 Å². The minimum absolute atomic E-state index is 0.415. The molecular formula is C11H18N2O. The fourth-order valence-corrected chi connectivity index (χ4v) is 3.45. The van der Waals surface area contributed by atoms with Gasteiger partial charge in [0.2, 0.25) is 5.91 Å². The number of amides is 1. The van der Waals surface area contributed by atoms with E-state index in [1.165, 1.54) is 12.8 Å². The molecule has 0 aliphatic carbocycles. The van der Waals surface area contributed by atoms with Gasteiger partial charge in [-0.1, -0.05) is 0 Å². The van der Waals surface area contributed by atoms with Crippen LogP contribution in [0.1, 0.15) is 25.7 Å². The Morgan fingerprint density at radius 3 is 3.21 bits per heavy atom. The highest BCUT2D eigenvalue weighted by Crippen LogP contribution is 2.35. The highest BCUT2D eigenvalue weighted by Gasteiger charge is 2.41. The van der Waals surface area contributed by atoms with E-state index in [0.717, 1.165) is 44.3 Å². The molecule has 0 aromatic heterocycles. The van der Waals surface area contributed by atoms with E-state index < -0.39 is 0 Å². The molecule has 78 valence electrons. The van der Waals surface area contributed by atoms with Crippen molar-refractivity contribution in [3.63, 3.8) is 0 Å². The molecule has 1 unspecified atom stereocenters. The molecule has 3 nitrogen and oxygen atoms in total. The molecule has 0 aromatic carbocycles. The molecule has 3 rings (SSSR count). The van der Waals surface area contributed by atoms with Crippen molar-refractivity contribution in [2.45, 2.75) is 31.7 Å². The van der Waals surface area contributed by atoms with Gasteiger partial charge in [0.1, 0.15) is 0 Å². The zero-order chi connectivity index (χ0) is 9.54. The van der Waals surface area contributed by atoms with E-state index in [0.29, 0.717) is 11.9 Å². The van der Waals surface area contributed by atoms with Gasteiger partial charge in [-0.05, 0) is 44.2 Å². The first kappa shape index (κ1) is 8.72. The number of carbonyl (C=O) groups is 1. The van der Waals surface area contributed by atoms with Crippen molar-refractivity contribution in [3.8, 4) is 0 Å². The Hall–Kier alpha value is -0.570. The first-order chi connectivity index (χ1) is 6.84. The van der Waals surface area contributed by atoms with E-state index in [4.69, 9.17) is 0 Å². The summed E-state index contributed by atoms with van der Waals surface area (Å²) in [5, 5.41) is 3.50. The first-order valence-corrected chi connectivity index (χ1v) is 5.85. The van der Waals surface area contributed by atoms with E-state index in [1.807, 2.05) is 0 Å². The fourth-order valence-electron chi connectivity index (χ4n) is 3.45. The average Bonchev–Trinajstić information content (AvgIpc) is 2.20. The molecule has 3 aliphatic heterocycles. The van der Waals surface area contributed by atoms with Crippen molar-refractivity contribution in [2.75, 3.05) is 19.6 Å². The van der Waals surface area contributed by atoms with Crippen LogP contribution < -0.4 is 5.32 Å². The Kier molecular flexibility index (Phi) is 2.01. The van der Waals surface area contributed by atoms with Crippen molar-refractivity contribution in [1.29, 1.82) is 0 Å². The van der Waals surface area contributed by atoms with Crippen LogP contribution in [-0.2, 0) is 4.79 Å². The predicted molar refractivity (Wildman–Crippen MR) is 53.8 cm³/mol. The summed E-state index contributed by atoms with van der Waals surface area (Å²) in [5.41, 5.74) is 0. The van der Waals surface area contributed by atoms with Crippen LogP contribution in [0.2, 0.25) is 0 Å². The second-order valence-corrected chi connectivity index (χ2v) is 5.03. The van der Waals surface area contributed by atoms with Crippen LogP contribution in [0, 0.1) is 11.8 Å². The zero-order valence-corrected chi connectivity index (χ0v) is 8.54. The minimum atomic E-state index is 0.415. The van der Waals surface area contributed by atoms with Crippen LogP contribution in [0.5, 0.6) is 0 Å². The smallest absolute Gasteiger partial charge is 0.222 e. The van der Waals surface area contributed by atoms with Crippen molar-refractivity contribution in [2.24, 2.45) is 11.8 Å². The maximum atomic E-state index is 11.8. The standard InChI is InChI=1S/C11H18N2O/c14-11-3-1-2-10-9-4-8(5-12-6-9)7-13(10)11/h8-10,12H,1-7H2/t8-,9+,10?/m1/s1. The number of rotatable bonds is 0. The number of nitrogens with one attached hydrogen (secondary N) is 1. The van der Waals surface area contributed by atoms with Gasteiger partial charge in [0.25, 0.3) is 0 Å². The second kappa shape index (κ2) is 3.23. The van der Waals surface area contributed by atoms with Crippen LogP contribution >= 0.6 is 0 Å². The van der Waals surface area contributed by atoms with Crippen LogP contribution in [0.15, 0.2) is 0 Å². The van der Waals surface area contributed by atoms with E-state index in [-0.39, 0.29) is 0 Å². The number of hydrogen-bond acceptors (Lipinski definition) is 2. The summed E-state index contributed by atoms with van der Waals surface area (Å²) in [7, 11) is 0. The van der Waals surface area contributed by atoms with E-state index in [2.05, 4.69) is 10.2 Å². The van der Waals surface area contributed by atoms with Gasteiger partial charge in [-0.15, -0.1) is 0 Å². The molecule has 3 heterocycles. The molecule has 3 heteroatoms. The Morgan fingerprint density at radius 2 is 2.29 bits per heavy atom. The third kappa shape index (κ3) is 1.26. The normalized spacial score (nSPS) is 42.1. The number of piperidine rings is 3. The first-order valence-electron chi connectivity index (χ1n) is 5.85. The quantitative estimate of drug-likeness (QED) is 0.612. The predicted octanol–water partition coefficient (Wildman–Crippen LogP) is 0.607. The summed E-state index contributed by atoms with van der Waals surface area (Å²) in [4.78, 5) is 13.9. The van der Waals surface area contributed by atoms with Crippen LogP contribution in [0.3, 0.4) is 0 Å². The van der Waals surface area contributed by atoms with Crippen molar-refractivity contribution in [1.82, 2.24) is 10.2 Å².